The zero-order valence-electron chi connectivity index (χ0n) is 9.14. The van der Waals surface area contributed by atoms with E-state index in [9.17, 15) is 0 Å². The Kier molecular flexibility index (Phi) is 2.82. The third kappa shape index (κ3) is 2.07. The molecule has 76 valence electrons. The first-order chi connectivity index (χ1) is 7.29. The third-order valence-electron chi connectivity index (χ3n) is 2.81. The Morgan fingerprint density at radius 2 is 1.73 bits per heavy atom. The first-order valence-electron chi connectivity index (χ1n) is 5.25. The van der Waals surface area contributed by atoms with Crippen molar-refractivity contribution in [2.75, 3.05) is 0 Å². The number of hydrogen-bond acceptors (Lipinski definition) is 1. The molecule has 1 unspecified atom stereocenters. The van der Waals surface area contributed by atoms with Gasteiger partial charge in [0.15, 0.2) is 0 Å². The number of hydrogen-bond donors (Lipinski definition) is 0. The molecule has 0 aliphatic rings. The summed E-state index contributed by atoms with van der Waals surface area (Å²) in [5.74, 6) is 0.417. The molecule has 2 aromatic rings. The van der Waals surface area contributed by atoms with Crippen LogP contribution in [-0.2, 0) is 0 Å². The zero-order valence-corrected chi connectivity index (χ0v) is 9.14. The minimum absolute atomic E-state index is 0.417. The molecule has 1 aromatic heterocycles. The summed E-state index contributed by atoms with van der Waals surface area (Å²) in [4.78, 5) is 4.33. The van der Waals surface area contributed by atoms with Crippen LogP contribution in [0.2, 0.25) is 0 Å². The summed E-state index contributed by atoms with van der Waals surface area (Å²) in [6.07, 6.45) is 1.84. The molecule has 0 N–H and O–H groups in total. The molecule has 0 radical (unpaired) electrons. The maximum absolute atomic E-state index is 4.33. The second kappa shape index (κ2) is 4.26. The van der Waals surface area contributed by atoms with Crippen LogP contribution in [0, 0.1) is 6.92 Å². The van der Waals surface area contributed by atoms with E-state index in [0.29, 0.717) is 5.92 Å². The predicted molar refractivity (Wildman–Crippen MR) is 62.9 cm³/mol. The second-order valence-corrected chi connectivity index (χ2v) is 3.81. The summed E-state index contributed by atoms with van der Waals surface area (Å²) >= 11 is 0. The van der Waals surface area contributed by atoms with Crippen molar-refractivity contribution in [3.05, 3.63) is 65.5 Å². The first-order valence-corrected chi connectivity index (χ1v) is 5.25. The van der Waals surface area contributed by atoms with E-state index in [2.05, 4.69) is 49.2 Å². The van der Waals surface area contributed by atoms with Gasteiger partial charge in [-0.15, -0.1) is 0 Å². The van der Waals surface area contributed by atoms with Crippen LogP contribution in [0.4, 0.5) is 0 Å². The van der Waals surface area contributed by atoms with Crippen molar-refractivity contribution in [1.82, 2.24) is 4.98 Å². The maximum atomic E-state index is 4.33. The van der Waals surface area contributed by atoms with Gasteiger partial charge in [-0.05, 0) is 24.1 Å². The van der Waals surface area contributed by atoms with E-state index < -0.39 is 0 Å². The van der Waals surface area contributed by atoms with E-state index in [1.54, 1.807) is 0 Å². The Labute approximate surface area is 90.8 Å². The molecule has 1 atom stereocenters. The van der Waals surface area contributed by atoms with Crippen molar-refractivity contribution in [3.63, 3.8) is 0 Å². The molecular weight excluding hydrogens is 182 g/mol. The Hall–Kier alpha value is -1.63. The van der Waals surface area contributed by atoms with Gasteiger partial charge in [0.2, 0.25) is 0 Å². The number of aromatic nitrogens is 1. The molecule has 1 heterocycles. The summed E-state index contributed by atoms with van der Waals surface area (Å²) in [5, 5.41) is 0. The summed E-state index contributed by atoms with van der Waals surface area (Å²) < 4.78 is 0. The summed E-state index contributed by atoms with van der Waals surface area (Å²) in [6.45, 7) is 4.29. The maximum Gasteiger partial charge on any atom is 0.0410 e. The molecule has 0 aliphatic heterocycles. The average Bonchev–Trinajstić information content (AvgIpc) is 2.30. The van der Waals surface area contributed by atoms with Gasteiger partial charge < -0.3 is 0 Å². The van der Waals surface area contributed by atoms with Gasteiger partial charge in [0.05, 0.1) is 0 Å². The normalized spacial score (nSPS) is 12.4. The Morgan fingerprint density at radius 3 is 2.40 bits per heavy atom. The van der Waals surface area contributed by atoms with Gasteiger partial charge in [-0.2, -0.15) is 0 Å². The number of nitrogens with zero attached hydrogens (tertiary/aromatic N) is 1. The van der Waals surface area contributed by atoms with Crippen LogP contribution in [0.25, 0.3) is 0 Å². The predicted octanol–water partition coefficient (Wildman–Crippen LogP) is 3.54. The average molecular weight is 197 g/mol. The third-order valence-corrected chi connectivity index (χ3v) is 2.81. The molecule has 0 amide bonds. The standard InChI is InChI=1S/C14H15N/c1-11(13-7-4-3-5-8-13)14-9-6-10-15-12(14)2/h3-11H,1-2H3. The number of rotatable bonds is 2. The van der Waals surface area contributed by atoms with Gasteiger partial charge >= 0.3 is 0 Å². The highest BCUT2D eigenvalue weighted by Crippen LogP contribution is 2.24. The smallest absolute Gasteiger partial charge is 0.0410 e. The lowest BCUT2D eigenvalue weighted by Gasteiger charge is -2.13. The molecule has 0 fully saturated rings. The highest BCUT2D eigenvalue weighted by Gasteiger charge is 2.09. The molecule has 2 rings (SSSR count). The van der Waals surface area contributed by atoms with Gasteiger partial charge in [0, 0.05) is 17.8 Å². The number of benzene rings is 1. The van der Waals surface area contributed by atoms with Crippen LogP contribution in [0.3, 0.4) is 0 Å². The second-order valence-electron chi connectivity index (χ2n) is 3.81. The molecule has 0 aliphatic carbocycles. The lowest BCUT2D eigenvalue weighted by molar-refractivity contribution is 0.892. The molecule has 0 saturated heterocycles. The van der Waals surface area contributed by atoms with Crippen molar-refractivity contribution in [2.24, 2.45) is 0 Å². The van der Waals surface area contributed by atoms with Crippen LogP contribution >= 0.6 is 0 Å². The summed E-state index contributed by atoms with van der Waals surface area (Å²) in [7, 11) is 0. The van der Waals surface area contributed by atoms with E-state index in [1.807, 2.05) is 18.3 Å². The van der Waals surface area contributed by atoms with Gasteiger partial charge in [0.1, 0.15) is 0 Å². The fraction of sp³-hybridized carbons (Fsp3) is 0.214. The zero-order chi connectivity index (χ0) is 10.7. The van der Waals surface area contributed by atoms with Crippen LogP contribution in [0.5, 0.6) is 0 Å². The Balaban J connectivity index is 2.37. The highest BCUT2D eigenvalue weighted by molar-refractivity contribution is 5.33. The Morgan fingerprint density at radius 1 is 1.00 bits per heavy atom. The first kappa shape index (κ1) is 9.91. The molecule has 1 aromatic carbocycles. The van der Waals surface area contributed by atoms with E-state index in [4.69, 9.17) is 0 Å². The van der Waals surface area contributed by atoms with Crippen LogP contribution < -0.4 is 0 Å². The van der Waals surface area contributed by atoms with E-state index >= 15 is 0 Å². The summed E-state index contributed by atoms with van der Waals surface area (Å²) in [6, 6.07) is 14.7. The summed E-state index contributed by atoms with van der Waals surface area (Å²) in [5.41, 5.74) is 3.77. The molecule has 1 nitrogen and oxygen atoms in total. The van der Waals surface area contributed by atoms with Crippen LogP contribution in [0.15, 0.2) is 48.7 Å². The lowest BCUT2D eigenvalue weighted by Crippen LogP contribution is -1.99. The van der Waals surface area contributed by atoms with Gasteiger partial charge in [-0.3, -0.25) is 4.98 Å². The van der Waals surface area contributed by atoms with Crippen molar-refractivity contribution in [3.8, 4) is 0 Å². The van der Waals surface area contributed by atoms with E-state index in [1.165, 1.54) is 11.1 Å². The molecule has 15 heavy (non-hydrogen) atoms. The number of pyridine rings is 1. The van der Waals surface area contributed by atoms with Crippen molar-refractivity contribution in [1.29, 1.82) is 0 Å². The fourth-order valence-corrected chi connectivity index (χ4v) is 1.88. The molecule has 0 bridgehead atoms. The van der Waals surface area contributed by atoms with Crippen molar-refractivity contribution >= 4 is 0 Å². The van der Waals surface area contributed by atoms with E-state index in [0.717, 1.165) is 5.69 Å². The minimum Gasteiger partial charge on any atom is -0.261 e. The van der Waals surface area contributed by atoms with Gasteiger partial charge in [-0.1, -0.05) is 43.3 Å². The topological polar surface area (TPSA) is 12.9 Å². The highest BCUT2D eigenvalue weighted by atomic mass is 14.7. The molecule has 0 saturated carbocycles. The molecular formula is C14H15N. The van der Waals surface area contributed by atoms with Gasteiger partial charge in [0.25, 0.3) is 0 Å². The largest absolute Gasteiger partial charge is 0.261 e. The molecule has 1 heteroatoms. The molecule has 0 spiro atoms. The van der Waals surface area contributed by atoms with Crippen LogP contribution in [0.1, 0.15) is 29.7 Å². The Bertz CT molecular complexity index is 434. The van der Waals surface area contributed by atoms with Crippen LogP contribution in [-0.4, -0.2) is 4.98 Å². The number of aryl methyl sites for hydroxylation is 1. The van der Waals surface area contributed by atoms with Gasteiger partial charge in [-0.25, -0.2) is 0 Å². The van der Waals surface area contributed by atoms with Crippen molar-refractivity contribution in [2.45, 2.75) is 19.8 Å². The fourth-order valence-electron chi connectivity index (χ4n) is 1.88. The monoisotopic (exact) mass is 197 g/mol. The minimum atomic E-state index is 0.417. The quantitative estimate of drug-likeness (QED) is 0.717. The van der Waals surface area contributed by atoms with E-state index in [-0.39, 0.29) is 0 Å². The lowest BCUT2D eigenvalue weighted by atomic mass is 9.92. The SMILES string of the molecule is Cc1ncccc1C(C)c1ccccc1. The van der Waals surface area contributed by atoms with Crippen molar-refractivity contribution < 1.29 is 0 Å².